The van der Waals surface area contributed by atoms with Crippen LogP contribution >= 0.6 is 0 Å². The summed E-state index contributed by atoms with van der Waals surface area (Å²) in [5, 5.41) is 12.9. The summed E-state index contributed by atoms with van der Waals surface area (Å²) in [7, 11) is 0. The fourth-order valence-corrected chi connectivity index (χ4v) is 4.58. The third-order valence-corrected chi connectivity index (χ3v) is 6.57. The molecule has 0 spiro atoms. The van der Waals surface area contributed by atoms with Gasteiger partial charge < -0.3 is 19.4 Å². The van der Waals surface area contributed by atoms with Gasteiger partial charge in [-0.3, -0.25) is 13.3 Å². The van der Waals surface area contributed by atoms with E-state index in [1.165, 1.54) is 4.31 Å². The number of aliphatic hydroxyl groups is 1. The third-order valence-electron chi connectivity index (χ3n) is 5.85. The van der Waals surface area contributed by atoms with Crippen LogP contribution in [0.15, 0.2) is 77.2 Å². The number of nitrogens with zero attached hydrogens (tertiary/aromatic N) is 1. The predicted octanol–water partition coefficient (Wildman–Crippen LogP) is 5.44. The summed E-state index contributed by atoms with van der Waals surface area (Å²) in [6.45, 7) is 7.94. The molecule has 3 aromatic carbocycles. The maximum atomic E-state index is 12.9. The topological polar surface area (TPSA) is 106 Å². The lowest BCUT2D eigenvalue weighted by molar-refractivity contribution is 0.0899. The van der Waals surface area contributed by atoms with Crippen molar-refractivity contribution in [3.63, 3.8) is 0 Å². The molecule has 1 heterocycles. The van der Waals surface area contributed by atoms with E-state index in [4.69, 9.17) is 4.42 Å². The molecule has 2 unspecified atom stereocenters. The second-order valence-electron chi connectivity index (χ2n) is 9.72. The zero-order valence-electron chi connectivity index (χ0n) is 20.6. The Bertz CT molecular complexity index is 1390. The Hall–Kier alpha value is -3.46. The highest BCUT2D eigenvalue weighted by atomic mass is 32.2. The number of anilines is 2. The van der Waals surface area contributed by atoms with Gasteiger partial charge in [0.05, 0.1) is 28.7 Å². The summed E-state index contributed by atoms with van der Waals surface area (Å²) in [4.78, 5) is 12.9. The van der Waals surface area contributed by atoms with Crippen molar-refractivity contribution in [3.8, 4) is 11.1 Å². The quantitative estimate of drug-likeness (QED) is 0.325. The Kier molecular flexibility index (Phi) is 7.31. The molecule has 1 aromatic heterocycles. The number of hydrogen-bond acceptors (Lipinski definition) is 5. The second-order valence-corrected chi connectivity index (χ2v) is 10.5. The van der Waals surface area contributed by atoms with E-state index in [9.17, 15) is 18.7 Å². The highest BCUT2D eigenvalue weighted by Crippen LogP contribution is 2.39. The van der Waals surface area contributed by atoms with Crippen molar-refractivity contribution >= 4 is 39.5 Å². The van der Waals surface area contributed by atoms with Crippen LogP contribution in [0.4, 0.5) is 11.4 Å². The van der Waals surface area contributed by atoms with Gasteiger partial charge in [0.2, 0.25) is 5.76 Å². The lowest BCUT2D eigenvalue weighted by Crippen LogP contribution is -2.30. The number of carbonyl (C=O) groups excluding carboxylic acids is 1. The summed E-state index contributed by atoms with van der Waals surface area (Å²) in [5.41, 5.74) is 3.68. The third kappa shape index (κ3) is 5.36. The first kappa shape index (κ1) is 25.6. The monoisotopic (exact) mass is 505 g/mol. The smallest absolute Gasteiger partial charge is 0.287 e. The normalized spacial score (nSPS) is 13.4. The van der Waals surface area contributed by atoms with E-state index in [2.05, 4.69) is 26.1 Å². The summed E-state index contributed by atoms with van der Waals surface area (Å²) in [5.74, 6) is -0.368. The number of benzene rings is 3. The van der Waals surface area contributed by atoms with Gasteiger partial charge >= 0.3 is 0 Å². The molecule has 0 aliphatic rings. The molecule has 0 radical (unpaired) electrons. The van der Waals surface area contributed by atoms with Crippen LogP contribution in [0, 0.1) is 0 Å². The molecule has 36 heavy (non-hydrogen) atoms. The second kappa shape index (κ2) is 10.3. The van der Waals surface area contributed by atoms with Crippen LogP contribution in [0.5, 0.6) is 0 Å². The molecule has 7 nitrogen and oxygen atoms in total. The number of amides is 1. The number of hydrogen-bond donors (Lipinski definition) is 2. The highest BCUT2D eigenvalue weighted by molar-refractivity contribution is 7.81. The molecule has 0 saturated heterocycles. The SMILES string of the molecule is CC(O)CNC(=O)c1oc2ccc(N(c3ccc(C(C)(C)C)cc3)S(=O)[O-])cc2c1-c1ccccc1. The van der Waals surface area contributed by atoms with Gasteiger partial charge in [-0.1, -0.05) is 63.2 Å². The van der Waals surface area contributed by atoms with Crippen LogP contribution in [0.25, 0.3) is 22.1 Å². The summed E-state index contributed by atoms with van der Waals surface area (Å²) >= 11 is -2.59. The lowest BCUT2D eigenvalue weighted by atomic mass is 9.87. The van der Waals surface area contributed by atoms with Gasteiger partial charge in [0.25, 0.3) is 5.91 Å². The molecule has 4 rings (SSSR count). The van der Waals surface area contributed by atoms with Gasteiger partial charge in [0.1, 0.15) is 5.58 Å². The van der Waals surface area contributed by atoms with Crippen LogP contribution in [-0.4, -0.2) is 32.4 Å². The van der Waals surface area contributed by atoms with Crippen LogP contribution in [0.2, 0.25) is 0 Å². The number of carbonyl (C=O) groups is 1. The van der Waals surface area contributed by atoms with Gasteiger partial charge in [0, 0.05) is 17.5 Å². The molecule has 8 heteroatoms. The molecule has 2 atom stereocenters. The largest absolute Gasteiger partial charge is 0.755 e. The molecule has 0 aliphatic heterocycles. The van der Waals surface area contributed by atoms with Gasteiger partial charge in [-0.15, -0.1) is 0 Å². The predicted molar refractivity (Wildman–Crippen MR) is 142 cm³/mol. The molecule has 2 N–H and O–H groups in total. The van der Waals surface area contributed by atoms with E-state index in [-0.39, 0.29) is 17.7 Å². The molecule has 0 bridgehead atoms. The van der Waals surface area contributed by atoms with Crippen LogP contribution in [0.3, 0.4) is 0 Å². The Balaban J connectivity index is 1.84. The van der Waals surface area contributed by atoms with Crippen molar-refractivity contribution in [1.29, 1.82) is 0 Å². The molecule has 0 saturated carbocycles. The zero-order valence-corrected chi connectivity index (χ0v) is 21.5. The van der Waals surface area contributed by atoms with Gasteiger partial charge in [-0.05, 0) is 53.8 Å². The average Bonchev–Trinajstić information content (AvgIpc) is 3.22. The standard InChI is InChI=1S/C28H30N2O5S/c1-18(31)17-29-27(32)26-25(19-8-6-5-7-9-19)23-16-22(14-15-24(23)35-26)30(36(33)34)21-12-10-20(11-13-21)28(2,3)4/h5-16,18,31H,17H2,1-4H3,(H,29,32)(H,33,34)/p-1. The molecule has 1 amide bonds. The summed E-state index contributed by atoms with van der Waals surface area (Å²) in [6, 6.07) is 21.7. The first-order valence-electron chi connectivity index (χ1n) is 11.6. The maximum Gasteiger partial charge on any atom is 0.287 e. The van der Waals surface area contributed by atoms with Crippen LogP contribution < -0.4 is 9.62 Å². The minimum Gasteiger partial charge on any atom is -0.755 e. The first-order valence-corrected chi connectivity index (χ1v) is 12.7. The summed E-state index contributed by atoms with van der Waals surface area (Å²) in [6.07, 6.45) is -0.713. The van der Waals surface area contributed by atoms with E-state index in [0.717, 1.165) is 11.1 Å². The van der Waals surface area contributed by atoms with E-state index < -0.39 is 23.3 Å². The fraction of sp³-hybridized carbons (Fsp3) is 0.250. The lowest BCUT2D eigenvalue weighted by Gasteiger charge is -2.27. The van der Waals surface area contributed by atoms with Gasteiger partial charge in [-0.25, -0.2) is 0 Å². The summed E-state index contributed by atoms with van der Waals surface area (Å²) < 4.78 is 31.8. The van der Waals surface area contributed by atoms with Crippen LogP contribution in [0.1, 0.15) is 43.8 Å². The molecule has 0 fully saturated rings. The Morgan fingerprint density at radius 1 is 1.06 bits per heavy atom. The van der Waals surface area contributed by atoms with Crippen molar-refractivity contribution in [2.24, 2.45) is 0 Å². The number of fused-ring (bicyclic) bond motifs is 1. The molecular weight excluding hydrogens is 476 g/mol. The minimum atomic E-state index is -2.59. The zero-order chi connectivity index (χ0) is 26.0. The minimum absolute atomic E-state index is 0.0644. The average molecular weight is 506 g/mol. The Labute approximate surface area is 213 Å². The van der Waals surface area contributed by atoms with Gasteiger partial charge in [-0.2, -0.15) is 0 Å². The Morgan fingerprint density at radius 3 is 2.28 bits per heavy atom. The molecule has 0 aliphatic carbocycles. The molecule has 4 aromatic rings. The number of furan rings is 1. The van der Waals surface area contributed by atoms with E-state index >= 15 is 0 Å². The van der Waals surface area contributed by atoms with Crippen molar-refractivity contribution in [1.82, 2.24) is 5.32 Å². The van der Waals surface area contributed by atoms with E-state index in [1.54, 1.807) is 37.3 Å². The van der Waals surface area contributed by atoms with Crippen molar-refractivity contribution in [2.45, 2.75) is 39.2 Å². The van der Waals surface area contributed by atoms with Crippen molar-refractivity contribution in [2.75, 3.05) is 10.8 Å². The Morgan fingerprint density at radius 2 is 1.69 bits per heavy atom. The highest BCUT2D eigenvalue weighted by Gasteiger charge is 2.24. The van der Waals surface area contributed by atoms with Crippen molar-refractivity contribution in [3.05, 3.63) is 84.1 Å². The van der Waals surface area contributed by atoms with E-state index in [1.807, 2.05) is 42.5 Å². The maximum absolute atomic E-state index is 12.9. The van der Waals surface area contributed by atoms with Gasteiger partial charge in [0.15, 0.2) is 0 Å². The number of aliphatic hydroxyl groups excluding tert-OH is 1. The van der Waals surface area contributed by atoms with Crippen LogP contribution in [-0.2, 0) is 16.7 Å². The molecular formula is C28H29N2O5S-. The molecule has 188 valence electrons. The first-order chi connectivity index (χ1) is 17.1. The number of nitrogens with one attached hydrogen (secondary N) is 1. The van der Waals surface area contributed by atoms with Crippen molar-refractivity contribution < 1.29 is 23.1 Å². The number of rotatable bonds is 7. The van der Waals surface area contributed by atoms with E-state index in [0.29, 0.717) is 27.9 Å². The fourth-order valence-electron chi connectivity index (χ4n) is 4.00.